The van der Waals surface area contributed by atoms with Gasteiger partial charge in [-0.3, -0.25) is 9.69 Å². The van der Waals surface area contributed by atoms with Gasteiger partial charge in [0.25, 0.3) is 5.89 Å². The highest BCUT2D eigenvalue weighted by Crippen LogP contribution is 2.27. The van der Waals surface area contributed by atoms with Gasteiger partial charge in [-0.1, -0.05) is 35.0 Å². The van der Waals surface area contributed by atoms with E-state index in [1.54, 1.807) is 0 Å². The first-order valence-corrected chi connectivity index (χ1v) is 9.17. The fourth-order valence-electron chi connectivity index (χ4n) is 3.53. The summed E-state index contributed by atoms with van der Waals surface area (Å²) in [5.41, 5.74) is 2.39. The Hall–Kier alpha value is -2.25. The van der Waals surface area contributed by atoms with Gasteiger partial charge in [0.2, 0.25) is 5.91 Å². The molecule has 1 amide bonds. The van der Waals surface area contributed by atoms with Gasteiger partial charge in [-0.2, -0.15) is 4.98 Å². The van der Waals surface area contributed by atoms with Crippen molar-refractivity contribution in [3.05, 3.63) is 47.1 Å². The lowest BCUT2D eigenvalue weighted by molar-refractivity contribution is -0.136. The van der Waals surface area contributed by atoms with Crippen molar-refractivity contribution in [1.82, 2.24) is 19.9 Å². The minimum absolute atomic E-state index is 0.0657. The number of ether oxygens (including phenoxy) is 1. The topological polar surface area (TPSA) is 71.7 Å². The summed E-state index contributed by atoms with van der Waals surface area (Å²) >= 11 is 0. The van der Waals surface area contributed by atoms with Gasteiger partial charge in [0, 0.05) is 26.2 Å². The predicted octanol–water partition coefficient (Wildman–Crippen LogP) is 2.07. The van der Waals surface area contributed by atoms with E-state index in [2.05, 4.69) is 40.2 Å². The third-order valence-electron chi connectivity index (χ3n) is 4.91. The zero-order chi connectivity index (χ0) is 17.9. The molecule has 7 heteroatoms. The number of aryl methyl sites for hydroxylation is 1. The van der Waals surface area contributed by atoms with Crippen LogP contribution in [-0.2, 0) is 22.6 Å². The van der Waals surface area contributed by atoms with E-state index < -0.39 is 0 Å². The molecule has 2 fully saturated rings. The van der Waals surface area contributed by atoms with E-state index in [0.29, 0.717) is 37.9 Å². The van der Waals surface area contributed by atoms with Crippen molar-refractivity contribution in [1.29, 1.82) is 0 Å². The molecule has 1 atom stereocenters. The highest BCUT2D eigenvalue weighted by Gasteiger charge is 2.27. The van der Waals surface area contributed by atoms with Crippen molar-refractivity contribution in [3.8, 4) is 0 Å². The molecule has 2 saturated heterocycles. The number of nitrogens with zero attached hydrogens (tertiary/aromatic N) is 4. The van der Waals surface area contributed by atoms with Gasteiger partial charge >= 0.3 is 0 Å². The first kappa shape index (κ1) is 17.2. The smallest absolute Gasteiger partial charge is 0.255 e. The molecule has 0 N–H and O–H groups in total. The summed E-state index contributed by atoms with van der Waals surface area (Å²) in [6, 6.07) is 8.30. The van der Waals surface area contributed by atoms with Gasteiger partial charge < -0.3 is 14.2 Å². The number of rotatable bonds is 5. The monoisotopic (exact) mass is 356 g/mol. The number of benzene rings is 1. The summed E-state index contributed by atoms with van der Waals surface area (Å²) in [6.07, 6.45) is 1.89. The van der Waals surface area contributed by atoms with Crippen molar-refractivity contribution in [2.24, 2.45) is 0 Å². The number of hydrogen-bond donors (Lipinski definition) is 0. The van der Waals surface area contributed by atoms with Crippen molar-refractivity contribution in [3.63, 3.8) is 0 Å². The second-order valence-corrected chi connectivity index (χ2v) is 7.07. The van der Waals surface area contributed by atoms with Crippen LogP contribution in [0.3, 0.4) is 0 Å². The van der Waals surface area contributed by atoms with Crippen LogP contribution in [0.4, 0.5) is 0 Å². The van der Waals surface area contributed by atoms with Crippen LogP contribution in [0.2, 0.25) is 0 Å². The molecule has 26 heavy (non-hydrogen) atoms. The second kappa shape index (κ2) is 7.55. The zero-order valence-electron chi connectivity index (χ0n) is 15.1. The van der Waals surface area contributed by atoms with E-state index in [-0.39, 0.29) is 12.0 Å². The Kier molecular flexibility index (Phi) is 4.99. The standard InChI is InChI=1S/C19H24N4O3/c1-14-4-2-5-15(10-14)11-23-8-7-22(13-18(23)24)12-17-20-19(26-21-17)16-6-3-9-25-16/h2,4-5,10,16H,3,6-9,11-13H2,1H3. The minimum atomic E-state index is -0.0657. The molecule has 2 aromatic rings. The molecular weight excluding hydrogens is 332 g/mol. The molecule has 2 aliphatic heterocycles. The fourth-order valence-corrected chi connectivity index (χ4v) is 3.53. The van der Waals surface area contributed by atoms with Crippen LogP contribution in [0.15, 0.2) is 28.8 Å². The molecule has 0 aliphatic carbocycles. The van der Waals surface area contributed by atoms with Gasteiger partial charge in [0.15, 0.2) is 5.82 Å². The highest BCUT2D eigenvalue weighted by molar-refractivity contribution is 5.79. The summed E-state index contributed by atoms with van der Waals surface area (Å²) in [5.74, 6) is 1.32. The van der Waals surface area contributed by atoms with Gasteiger partial charge in [-0.25, -0.2) is 0 Å². The number of carbonyl (C=O) groups excluding carboxylic acids is 1. The molecule has 0 spiro atoms. The number of carbonyl (C=O) groups is 1. The fraction of sp³-hybridized carbons (Fsp3) is 0.526. The first-order valence-electron chi connectivity index (χ1n) is 9.17. The Morgan fingerprint density at radius 2 is 2.19 bits per heavy atom. The van der Waals surface area contributed by atoms with Gasteiger partial charge in [0.05, 0.1) is 13.1 Å². The maximum Gasteiger partial charge on any atom is 0.255 e. The normalized spacial score (nSPS) is 21.5. The Labute approximate surface area is 152 Å². The SMILES string of the molecule is Cc1cccc(CN2CCN(Cc3noc(C4CCCO4)n3)CC2=O)c1. The van der Waals surface area contributed by atoms with E-state index in [9.17, 15) is 4.79 Å². The molecule has 1 unspecified atom stereocenters. The molecule has 3 heterocycles. The molecule has 4 rings (SSSR count). The molecule has 1 aromatic heterocycles. The Morgan fingerprint density at radius 3 is 2.96 bits per heavy atom. The molecule has 7 nitrogen and oxygen atoms in total. The molecule has 1 aromatic carbocycles. The quantitative estimate of drug-likeness (QED) is 0.817. The van der Waals surface area contributed by atoms with E-state index in [1.165, 1.54) is 11.1 Å². The molecule has 2 aliphatic rings. The van der Waals surface area contributed by atoms with E-state index in [1.807, 2.05) is 11.0 Å². The predicted molar refractivity (Wildman–Crippen MR) is 94.1 cm³/mol. The second-order valence-electron chi connectivity index (χ2n) is 7.07. The summed E-state index contributed by atoms with van der Waals surface area (Å²) in [7, 11) is 0. The Balaban J connectivity index is 1.31. The Bertz CT molecular complexity index is 770. The van der Waals surface area contributed by atoms with Crippen molar-refractivity contribution >= 4 is 5.91 Å². The van der Waals surface area contributed by atoms with E-state index >= 15 is 0 Å². The molecule has 0 radical (unpaired) electrons. The van der Waals surface area contributed by atoms with Crippen LogP contribution in [0.5, 0.6) is 0 Å². The van der Waals surface area contributed by atoms with Crippen molar-refractivity contribution in [2.45, 2.75) is 39.0 Å². The number of aromatic nitrogens is 2. The molecule has 0 saturated carbocycles. The van der Waals surface area contributed by atoms with Gasteiger partial charge in [0.1, 0.15) is 6.10 Å². The number of amides is 1. The van der Waals surface area contributed by atoms with Crippen LogP contribution in [-0.4, -0.2) is 52.1 Å². The summed E-state index contributed by atoms with van der Waals surface area (Å²) in [5, 5.41) is 4.04. The molecule has 138 valence electrons. The van der Waals surface area contributed by atoms with Crippen LogP contribution in [0, 0.1) is 6.92 Å². The van der Waals surface area contributed by atoms with Gasteiger partial charge in [-0.15, -0.1) is 0 Å². The lowest BCUT2D eigenvalue weighted by Crippen LogP contribution is -2.49. The Morgan fingerprint density at radius 1 is 1.27 bits per heavy atom. The van der Waals surface area contributed by atoms with Crippen LogP contribution < -0.4 is 0 Å². The number of piperazine rings is 1. The molecule has 0 bridgehead atoms. The summed E-state index contributed by atoms with van der Waals surface area (Å²) in [6.45, 7) is 5.92. The first-order chi connectivity index (χ1) is 12.7. The van der Waals surface area contributed by atoms with Crippen LogP contribution >= 0.6 is 0 Å². The third-order valence-corrected chi connectivity index (χ3v) is 4.91. The zero-order valence-corrected chi connectivity index (χ0v) is 15.1. The average molecular weight is 356 g/mol. The third kappa shape index (κ3) is 3.94. The largest absolute Gasteiger partial charge is 0.368 e. The van der Waals surface area contributed by atoms with Crippen LogP contribution in [0.25, 0.3) is 0 Å². The highest BCUT2D eigenvalue weighted by atomic mass is 16.5. The number of hydrogen-bond acceptors (Lipinski definition) is 6. The lowest BCUT2D eigenvalue weighted by atomic mass is 10.1. The molecular formula is C19H24N4O3. The summed E-state index contributed by atoms with van der Waals surface area (Å²) < 4.78 is 10.9. The minimum Gasteiger partial charge on any atom is -0.368 e. The average Bonchev–Trinajstić information content (AvgIpc) is 3.29. The van der Waals surface area contributed by atoms with Gasteiger partial charge in [-0.05, 0) is 25.3 Å². The van der Waals surface area contributed by atoms with E-state index in [0.717, 1.165) is 26.0 Å². The maximum atomic E-state index is 12.5. The maximum absolute atomic E-state index is 12.5. The van der Waals surface area contributed by atoms with Crippen LogP contribution in [0.1, 0.15) is 41.8 Å². The van der Waals surface area contributed by atoms with Crippen molar-refractivity contribution < 1.29 is 14.1 Å². The van der Waals surface area contributed by atoms with E-state index in [4.69, 9.17) is 9.26 Å². The summed E-state index contributed by atoms with van der Waals surface area (Å²) in [4.78, 5) is 20.9. The van der Waals surface area contributed by atoms with Crippen molar-refractivity contribution in [2.75, 3.05) is 26.2 Å². The lowest BCUT2D eigenvalue weighted by Gasteiger charge is -2.33.